The average molecular weight is 229 g/mol. The summed E-state index contributed by atoms with van der Waals surface area (Å²) in [6, 6.07) is 3.74. The molecule has 0 aromatic carbocycles. The first kappa shape index (κ1) is 11.6. The van der Waals surface area contributed by atoms with Gasteiger partial charge in [0, 0.05) is 11.8 Å². The number of rotatable bonds is 5. The minimum Gasteiger partial charge on any atom is -0.351 e. The van der Waals surface area contributed by atoms with Crippen molar-refractivity contribution in [1.82, 2.24) is 5.32 Å². The van der Waals surface area contributed by atoms with Gasteiger partial charge in [-0.1, -0.05) is 13.0 Å². The van der Waals surface area contributed by atoms with Crippen LogP contribution in [0.5, 0.6) is 0 Å². The molecule has 1 aromatic heterocycles. The van der Waals surface area contributed by atoms with Gasteiger partial charge in [0.25, 0.3) is 5.91 Å². The minimum atomic E-state index is 0.0494. The summed E-state index contributed by atoms with van der Waals surface area (Å²) in [6.45, 7) is 2.93. The third kappa shape index (κ3) is 3.72. The molecule has 78 valence electrons. The molecule has 0 bridgehead atoms. The highest BCUT2D eigenvalue weighted by Crippen LogP contribution is 2.10. The molecule has 0 aliphatic heterocycles. The van der Waals surface area contributed by atoms with Crippen LogP contribution in [0.25, 0.3) is 0 Å². The number of carbonyl (C=O) groups excluding carboxylic acids is 1. The van der Waals surface area contributed by atoms with Crippen molar-refractivity contribution in [2.45, 2.75) is 18.6 Å². The molecule has 1 rings (SSSR count). The quantitative estimate of drug-likeness (QED) is 0.841. The van der Waals surface area contributed by atoms with E-state index in [0.29, 0.717) is 5.25 Å². The van der Waals surface area contributed by atoms with Gasteiger partial charge in [-0.25, -0.2) is 0 Å². The largest absolute Gasteiger partial charge is 0.351 e. The molecule has 0 aliphatic carbocycles. The van der Waals surface area contributed by atoms with E-state index in [2.05, 4.69) is 18.5 Å². The normalized spacial score (nSPS) is 12.4. The summed E-state index contributed by atoms with van der Waals surface area (Å²) in [4.78, 5) is 12.3. The van der Waals surface area contributed by atoms with Crippen LogP contribution < -0.4 is 5.32 Å². The van der Waals surface area contributed by atoms with Crippen LogP contribution in [0.1, 0.15) is 23.0 Å². The standard InChI is InChI=1S/C10H15NOS2/c1-8(13-2)5-6-11-10(12)9-4-3-7-14-9/h3-4,7-8H,5-6H2,1-2H3,(H,11,12). The van der Waals surface area contributed by atoms with E-state index < -0.39 is 0 Å². The van der Waals surface area contributed by atoms with Crippen LogP contribution in [0.4, 0.5) is 0 Å². The molecule has 1 aromatic rings. The van der Waals surface area contributed by atoms with Crippen LogP contribution in [0.15, 0.2) is 17.5 Å². The highest BCUT2D eigenvalue weighted by molar-refractivity contribution is 7.99. The molecule has 0 saturated carbocycles. The lowest BCUT2D eigenvalue weighted by atomic mass is 10.3. The topological polar surface area (TPSA) is 29.1 Å². The lowest BCUT2D eigenvalue weighted by molar-refractivity contribution is 0.0957. The van der Waals surface area contributed by atoms with Crippen molar-refractivity contribution in [2.75, 3.05) is 12.8 Å². The highest BCUT2D eigenvalue weighted by Gasteiger charge is 2.05. The molecule has 4 heteroatoms. The zero-order chi connectivity index (χ0) is 10.4. The predicted molar refractivity (Wildman–Crippen MR) is 64.2 cm³/mol. The van der Waals surface area contributed by atoms with Crippen LogP contribution >= 0.6 is 23.1 Å². The van der Waals surface area contributed by atoms with Crippen molar-refractivity contribution in [3.05, 3.63) is 22.4 Å². The van der Waals surface area contributed by atoms with Gasteiger partial charge < -0.3 is 5.32 Å². The molecule has 1 heterocycles. The van der Waals surface area contributed by atoms with E-state index in [4.69, 9.17) is 0 Å². The maximum Gasteiger partial charge on any atom is 0.261 e. The van der Waals surface area contributed by atoms with Crippen molar-refractivity contribution in [1.29, 1.82) is 0 Å². The van der Waals surface area contributed by atoms with Crippen molar-refractivity contribution in [2.24, 2.45) is 0 Å². The molecule has 0 spiro atoms. The molecular formula is C10H15NOS2. The SMILES string of the molecule is CSC(C)CCNC(=O)c1cccs1. The van der Waals surface area contributed by atoms with Gasteiger partial charge in [-0.05, 0) is 24.1 Å². The first-order valence-corrected chi connectivity index (χ1v) is 6.75. The summed E-state index contributed by atoms with van der Waals surface area (Å²) in [5, 5.41) is 5.43. The fraction of sp³-hybridized carbons (Fsp3) is 0.500. The third-order valence-corrected chi connectivity index (χ3v) is 3.89. The zero-order valence-corrected chi connectivity index (χ0v) is 10.1. The molecule has 1 unspecified atom stereocenters. The van der Waals surface area contributed by atoms with E-state index in [9.17, 15) is 4.79 Å². The van der Waals surface area contributed by atoms with Crippen LogP contribution in [0.2, 0.25) is 0 Å². The maximum atomic E-state index is 11.5. The Morgan fingerprint density at radius 1 is 1.71 bits per heavy atom. The van der Waals surface area contributed by atoms with Crippen LogP contribution in [0.3, 0.4) is 0 Å². The Bertz CT molecular complexity index is 272. The fourth-order valence-electron chi connectivity index (χ4n) is 1.00. The molecule has 1 amide bonds. The summed E-state index contributed by atoms with van der Waals surface area (Å²) >= 11 is 3.30. The molecule has 0 fully saturated rings. The number of thioether (sulfide) groups is 1. The Kier molecular flexibility index (Phi) is 5.04. The Morgan fingerprint density at radius 3 is 3.07 bits per heavy atom. The van der Waals surface area contributed by atoms with Gasteiger partial charge in [0.1, 0.15) is 0 Å². The number of carbonyl (C=O) groups is 1. The molecule has 14 heavy (non-hydrogen) atoms. The maximum absolute atomic E-state index is 11.5. The summed E-state index contributed by atoms with van der Waals surface area (Å²) in [5.41, 5.74) is 0. The smallest absolute Gasteiger partial charge is 0.261 e. The van der Waals surface area contributed by atoms with E-state index >= 15 is 0 Å². The second-order valence-corrected chi connectivity index (χ2v) is 5.29. The van der Waals surface area contributed by atoms with Crippen LogP contribution in [-0.2, 0) is 0 Å². The molecule has 1 N–H and O–H groups in total. The second kappa shape index (κ2) is 6.09. The summed E-state index contributed by atoms with van der Waals surface area (Å²) in [6.07, 6.45) is 3.12. The van der Waals surface area contributed by atoms with E-state index in [1.54, 1.807) is 0 Å². The van der Waals surface area contributed by atoms with Gasteiger partial charge in [-0.2, -0.15) is 11.8 Å². The van der Waals surface area contributed by atoms with E-state index in [-0.39, 0.29) is 5.91 Å². The Balaban J connectivity index is 2.23. The van der Waals surface area contributed by atoms with Crippen molar-refractivity contribution < 1.29 is 4.79 Å². The average Bonchev–Trinajstić information content (AvgIpc) is 2.70. The van der Waals surface area contributed by atoms with Gasteiger partial charge in [-0.3, -0.25) is 4.79 Å². The fourth-order valence-corrected chi connectivity index (χ4v) is 2.00. The summed E-state index contributed by atoms with van der Waals surface area (Å²) in [5.74, 6) is 0.0494. The van der Waals surface area contributed by atoms with Crippen molar-refractivity contribution in [3.63, 3.8) is 0 Å². The number of amides is 1. The summed E-state index contributed by atoms with van der Waals surface area (Å²) < 4.78 is 0. The molecule has 0 aliphatic rings. The molecular weight excluding hydrogens is 214 g/mol. The Labute approximate surface area is 93.1 Å². The minimum absolute atomic E-state index is 0.0494. The van der Waals surface area contributed by atoms with E-state index in [1.165, 1.54) is 11.3 Å². The van der Waals surface area contributed by atoms with Gasteiger partial charge in [0.05, 0.1) is 4.88 Å². The number of nitrogens with one attached hydrogen (secondary N) is 1. The first-order valence-electron chi connectivity index (χ1n) is 4.58. The molecule has 1 atom stereocenters. The molecule has 0 saturated heterocycles. The lowest BCUT2D eigenvalue weighted by Gasteiger charge is -2.08. The predicted octanol–water partition coefficient (Wildman–Crippen LogP) is 2.62. The van der Waals surface area contributed by atoms with Gasteiger partial charge in [0.15, 0.2) is 0 Å². The van der Waals surface area contributed by atoms with E-state index in [1.807, 2.05) is 29.3 Å². The van der Waals surface area contributed by atoms with Crippen LogP contribution in [0, 0.1) is 0 Å². The number of thiophene rings is 1. The van der Waals surface area contributed by atoms with Crippen molar-refractivity contribution >= 4 is 29.0 Å². The lowest BCUT2D eigenvalue weighted by Crippen LogP contribution is -2.25. The molecule has 2 nitrogen and oxygen atoms in total. The number of hydrogen-bond acceptors (Lipinski definition) is 3. The van der Waals surface area contributed by atoms with Gasteiger partial charge in [0.2, 0.25) is 0 Å². The zero-order valence-electron chi connectivity index (χ0n) is 8.45. The molecule has 0 radical (unpaired) electrons. The van der Waals surface area contributed by atoms with Crippen LogP contribution in [-0.4, -0.2) is 24.0 Å². The van der Waals surface area contributed by atoms with Gasteiger partial charge in [-0.15, -0.1) is 11.3 Å². The summed E-state index contributed by atoms with van der Waals surface area (Å²) in [7, 11) is 0. The third-order valence-electron chi connectivity index (χ3n) is 1.98. The highest BCUT2D eigenvalue weighted by atomic mass is 32.2. The Hall–Kier alpha value is -0.480. The van der Waals surface area contributed by atoms with E-state index in [0.717, 1.165) is 17.8 Å². The monoisotopic (exact) mass is 229 g/mol. The first-order chi connectivity index (χ1) is 6.74. The Morgan fingerprint density at radius 2 is 2.50 bits per heavy atom. The second-order valence-electron chi connectivity index (χ2n) is 3.07. The number of hydrogen-bond donors (Lipinski definition) is 1. The van der Waals surface area contributed by atoms with Gasteiger partial charge >= 0.3 is 0 Å². The van der Waals surface area contributed by atoms with Crippen molar-refractivity contribution in [3.8, 4) is 0 Å².